The van der Waals surface area contributed by atoms with E-state index >= 15 is 0 Å². The van der Waals surface area contributed by atoms with Crippen LogP contribution in [0.5, 0.6) is 0 Å². The predicted octanol–water partition coefficient (Wildman–Crippen LogP) is 2.38. The van der Waals surface area contributed by atoms with E-state index in [0.29, 0.717) is 17.6 Å². The minimum Gasteiger partial charge on any atom is -0.383 e. The molecule has 1 aliphatic heterocycles. The number of likely N-dealkylation sites (tertiary alicyclic amines) is 1. The van der Waals surface area contributed by atoms with Crippen molar-refractivity contribution >= 4 is 28.5 Å². The maximum Gasteiger partial charge on any atom is 0.292 e. The van der Waals surface area contributed by atoms with Crippen LogP contribution in [-0.4, -0.2) is 59.9 Å². The fraction of sp³-hybridized carbons (Fsp3) is 0.500. The lowest BCUT2D eigenvalue weighted by molar-refractivity contribution is -0.131. The van der Waals surface area contributed by atoms with Crippen molar-refractivity contribution in [3.05, 3.63) is 36.0 Å². The van der Waals surface area contributed by atoms with Crippen molar-refractivity contribution in [1.29, 1.82) is 0 Å². The van der Waals surface area contributed by atoms with Crippen molar-refractivity contribution in [2.75, 3.05) is 26.8 Å². The molecule has 7 heteroatoms. The number of ketones is 1. The van der Waals surface area contributed by atoms with Crippen LogP contribution in [0.1, 0.15) is 43.0 Å². The summed E-state index contributed by atoms with van der Waals surface area (Å²) in [6.45, 7) is 3.83. The monoisotopic (exact) mass is 399 g/mol. The minimum atomic E-state index is -0.670. The Kier molecular flexibility index (Phi) is 7.04. The molecule has 1 aromatic heterocycles. The van der Waals surface area contributed by atoms with Crippen LogP contribution in [0.3, 0.4) is 0 Å². The SMILES string of the molecule is COCC(C)NC(=O)C(=O)c1cn(CC(=O)N2CCCCCC2)c2ccccc12. The van der Waals surface area contributed by atoms with E-state index in [1.165, 1.54) is 0 Å². The molecular weight excluding hydrogens is 370 g/mol. The fourth-order valence-corrected chi connectivity index (χ4v) is 3.83. The van der Waals surface area contributed by atoms with Crippen molar-refractivity contribution in [3.63, 3.8) is 0 Å². The highest BCUT2D eigenvalue weighted by Gasteiger charge is 2.24. The summed E-state index contributed by atoms with van der Waals surface area (Å²) in [7, 11) is 1.54. The normalized spacial score (nSPS) is 15.7. The Morgan fingerprint density at radius 2 is 1.79 bits per heavy atom. The van der Waals surface area contributed by atoms with Crippen molar-refractivity contribution < 1.29 is 19.1 Å². The molecule has 0 aliphatic carbocycles. The molecule has 7 nitrogen and oxygen atoms in total. The number of aromatic nitrogens is 1. The van der Waals surface area contributed by atoms with Crippen LogP contribution < -0.4 is 5.32 Å². The zero-order valence-electron chi connectivity index (χ0n) is 17.1. The lowest BCUT2D eigenvalue weighted by Crippen LogP contribution is -2.39. The summed E-state index contributed by atoms with van der Waals surface area (Å²) in [5.74, 6) is -1.23. The molecule has 29 heavy (non-hydrogen) atoms. The highest BCUT2D eigenvalue weighted by atomic mass is 16.5. The number of methoxy groups -OCH3 is 1. The standard InChI is InChI=1S/C22H29N3O4/c1-16(15-29-2)23-22(28)21(27)18-13-25(19-10-6-5-9-17(18)19)14-20(26)24-11-7-3-4-8-12-24/h5-6,9-10,13,16H,3-4,7-8,11-12,14-15H2,1-2H3,(H,23,28). The molecule has 2 heterocycles. The van der Waals surface area contributed by atoms with Crippen molar-refractivity contribution in [1.82, 2.24) is 14.8 Å². The number of hydrogen-bond acceptors (Lipinski definition) is 4. The second-order valence-corrected chi connectivity index (χ2v) is 7.64. The molecule has 2 amide bonds. The molecule has 0 saturated carbocycles. The molecular formula is C22H29N3O4. The molecule has 2 aromatic rings. The van der Waals surface area contributed by atoms with E-state index in [0.717, 1.165) is 44.3 Å². The van der Waals surface area contributed by atoms with Gasteiger partial charge in [-0.2, -0.15) is 0 Å². The smallest absolute Gasteiger partial charge is 0.292 e. The quantitative estimate of drug-likeness (QED) is 0.573. The largest absolute Gasteiger partial charge is 0.383 e. The molecule has 0 bridgehead atoms. The highest BCUT2D eigenvalue weighted by Crippen LogP contribution is 2.22. The number of carbonyl (C=O) groups is 3. The number of Topliss-reactive ketones (excluding diaryl/α,β-unsaturated/α-hetero) is 1. The average molecular weight is 399 g/mol. The summed E-state index contributed by atoms with van der Waals surface area (Å²) in [4.78, 5) is 39.9. The molecule has 1 fully saturated rings. The molecule has 1 atom stereocenters. The first-order valence-electron chi connectivity index (χ1n) is 10.2. The maximum atomic E-state index is 12.8. The van der Waals surface area contributed by atoms with E-state index < -0.39 is 11.7 Å². The molecule has 3 rings (SSSR count). The summed E-state index contributed by atoms with van der Waals surface area (Å²) in [5, 5.41) is 3.33. The number of ether oxygens (including phenoxy) is 1. The molecule has 1 saturated heterocycles. The zero-order valence-corrected chi connectivity index (χ0v) is 17.1. The molecule has 1 unspecified atom stereocenters. The second kappa shape index (κ2) is 9.69. The van der Waals surface area contributed by atoms with E-state index in [1.54, 1.807) is 30.9 Å². The van der Waals surface area contributed by atoms with Gasteiger partial charge in [-0.1, -0.05) is 31.0 Å². The van der Waals surface area contributed by atoms with Crippen LogP contribution in [0.2, 0.25) is 0 Å². The molecule has 0 radical (unpaired) electrons. The second-order valence-electron chi connectivity index (χ2n) is 7.64. The topological polar surface area (TPSA) is 80.6 Å². The first-order chi connectivity index (χ1) is 14.0. The fourth-order valence-electron chi connectivity index (χ4n) is 3.83. The van der Waals surface area contributed by atoms with E-state index in [-0.39, 0.29) is 18.5 Å². The van der Waals surface area contributed by atoms with Gasteiger partial charge in [0.25, 0.3) is 11.7 Å². The van der Waals surface area contributed by atoms with Crippen LogP contribution in [0.25, 0.3) is 10.9 Å². The third-order valence-electron chi connectivity index (χ3n) is 5.30. The van der Waals surface area contributed by atoms with Crippen molar-refractivity contribution in [3.8, 4) is 0 Å². The first-order valence-corrected chi connectivity index (χ1v) is 10.2. The third-order valence-corrected chi connectivity index (χ3v) is 5.30. The van der Waals surface area contributed by atoms with Gasteiger partial charge in [0.05, 0.1) is 12.2 Å². The van der Waals surface area contributed by atoms with Gasteiger partial charge in [0.1, 0.15) is 6.54 Å². The number of hydrogen-bond donors (Lipinski definition) is 1. The number of fused-ring (bicyclic) bond motifs is 1. The Balaban J connectivity index is 1.82. The Morgan fingerprint density at radius 3 is 2.48 bits per heavy atom. The van der Waals surface area contributed by atoms with Gasteiger partial charge in [0, 0.05) is 43.3 Å². The summed E-state index contributed by atoms with van der Waals surface area (Å²) >= 11 is 0. The number of rotatable bonds is 7. The van der Waals surface area contributed by atoms with Gasteiger partial charge in [0.2, 0.25) is 5.91 Å². The molecule has 0 spiro atoms. The van der Waals surface area contributed by atoms with E-state index in [9.17, 15) is 14.4 Å². The summed E-state index contributed by atoms with van der Waals surface area (Å²) < 4.78 is 6.78. The highest BCUT2D eigenvalue weighted by molar-refractivity contribution is 6.45. The van der Waals surface area contributed by atoms with Crippen LogP contribution in [-0.2, 0) is 20.9 Å². The lowest BCUT2D eigenvalue weighted by atomic mass is 10.1. The number of nitrogens with zero attached hydrogens (tertiary/aromatic N) is 2. The summed E-state index contributed by atoms with van der Waals surface area (Å²) in [6.07, 6.45) is 6.00. The van der Waals surface area contributed by atoms with Crippen LogP contribution in [0.4, 0.5) is 0 Å². The molecule has 1 aromatic carbocycles. The van der Waals surface area contributed by atoms with Crippen LogP contribution >= 0.6 is 0 Å². The number of benzene rings is 1. The number of para-hydroxylation sites is 1. The molecule has 1 N–H and O–H groups in total. The Labute approximate surface area is 171 Å². The lowest BCUT2D eigenvalue weighted by Gasteiger charge is -2.20. The number of amides is 2. The summed E-state index contributed by atoms with van der Waals surface area (Å²) in [6, 6.07) is 7.10. The zero-order chi connectivity index (χ0) is 20.8. The van der Waals surface area contributed by atoms with Crippen LogP contribution in [0.15, 0.2) is 30.5 Å². The Morgan fingerprint density at radius 1 is 1.10 bits per heavy atom. The van der Waals surface area contributed by atoms with Gasteiger partial charge >= 0.3 is 0 Å². The number of nitrogens with one attached hydrogen (secondary N) is 1. The van der Waals surface area contributed by atoms with Crippen molar-refractivity contribution in [2.24, 2.45) is 0 Å². The molecule has 156 valence electrons. The Bertz CT molecular complexity index is 881. The van der Waals surface area contributed by atoms with Crippen LogP contribution in [0, 0.1) is 0 Å². The Hall–Kier alpha value is -2.67. The third kappa shape index (κ3) is 5.03. The van der Waals surface area contributed by atoms with E-state index in [1.807, 2.05) is 23.1 Å². The maximum absolute atomic E-state index is 12.8. The first kappa shape index (κ1) is 21.0. The average Bonchev–Trinajstić information content (AvgIpc) is 2.88. The van der Waals surface area contributed by atoms with Gasteiger partial charge < -0.3 is 19.5 Å². The van der Waals surface area contributed by atoms with E-state index in [4.69, 9.17) is 4.74 Å². The van der Waals surface area contributed by atoms with E-state index in [2.05, 4.69) is 5.32 Å². The van der Waals surface area contributed by atoms with Crippen molar-refractivity contribution in [2.45, 2.75) is 45.2 Å². The van der Waals surface area contributed by atoms with Gasteiger partial charge in [-0.15, -0.1) is 0 Å². The van der Waals surface area contributed by atoms with Gasteiger partial charge in [-0.25, -0.2) is 0 Å². The van der Waals surface area contributed by atoms with Gasteiger partial charge in [0.15, 0.2) is 0 Å². The summed E-state index contributed by atoms with van der Waals surface area (Å²) in [5.41, 5.74) is 1.09. The number of carbonyl (C=O) groups excluding carboxylic acids is 3. The molecule has 1 aliphatic rings. The van der Waals surface area contributed by atoms with Gasteiger partial charge in [-0.05, 0) is 25.8 Å². The minimum absolute atomic E-state index is 0.0461. The van der Waals surface area contributed by atoms with Gasteiger partial charge in [-0.3, -0.25) is 14.4 Å². The predicted molar refractivity (Wildman–Crippen MR) is 111 cm³/mol.